The lowest BCUT2D eigenvalue weighted by Crippen LogP contribution is -1.86. The van der Waals surface area contributed by atoms with Gasteiger partial charge in [-0.05, 0) is 36.4 Å². The van der Waals surface area contributed by atoms with Crippen LogP contribution < -0.4 is 4.74 Å². The summed E-state index contributed by atoms with van der Waals surface area (Å²) in [6.07, 6.45) is 0. The molecule has 0 heterocycles. The Morgan fingerprint density at radius 1 is 1.17 bits per heavy atom. The smallest absolute Gasteiger partial charge is 0.140 e. The fourth-order valence-corrected chi connectivity index (χ4v) is 2.23. The number of hydrogen-bond donors (Lipinski definition) is 0. The quantitative estimate of drug-likeness (QED) is 0.839. The van der Waals surface area contributed by atoms with Gasteiger partial charge >= 0.3 is 0 Å². The van der Waals surface area contributed by atoms with Gasteiger partial charge in [0.25, 0.3) is 0 Å². The van der Waals surface area contributed by atoms with Crippen molar-refractivity contribution in [1.82, 2.24) is 0 Å². The summed E-state index contributed by atoms with van der Waals surface area (Å²) >= 11 is 1.31. The number of methoxy groups -OCH3 is 1. The van der Waals surface area contributed by atoms with E-state index in [9.17, 15) is 4.39 Å². The molecule has 0 atom stereocenters. The average Bonchev–Trinajstić information content (AvgIpc) is 2.42. The molecule has 18 heavy (non-hydrogen) atoms. The highest BCUT2D eigenvalue weighted by Crippen LogP contribution is 2.31. The van der Waals surface area contributed by atoms with Gasteiger partial charge < -0.3 is 4.74 Å². The SMILES string of the molecule is COc1ccc(Sc2ccc(C#N)cc2)c(F)c1. The van der Waals surface area contributed by atoms with Crippen molar-refractivity contribution in [2.75, 3.05) is 7.11 Å². The predicted molar refractivity (Wildman–Crippen MR) is 68.2 cm³/mol. The van der Waals surface area contributed by atoms with E-state index in [0.29, 0.717) is 16.2 Å². The van der Waals surface area contributed by atoms with Gasteiger partial charge in [0.2, 0.25) is 0 Å². The molecular formula is C14H10FNOS. The molecule has 0 radical (unpaired) electrons. The Bertz CT molecular complexity index is 590. The van der Waals surface area contributed by atoms with Crippen LogP contribution in [0.2, 0.25) is 0 Å². The third-order valence-electron chi connectivity index (χ3n) is 2.35. The second kappa shape index (κ2) is 5.56. The van der Waals surface area contributed by atoms with Crippen molar-refractivity contribution in [3.8, 4) is 11.8 Å². The lowest BCUT2D eigenvalue weighted by Gasteiger charge is -2.05. The number of halogens is 1. The summed E-state index contributed by atoms with van der Waals surface area (Å²) in [4.78, 5) is 1.42. The lowest BCUT2D eigenvalue weighted by atomic mass is 10.2. The minimum Gasteiger partial charge on any atom is -0.497 e. The van der Waals surface area contributed by atoms with Crippen LogP contribution in [0.15, 0.2) is 52.3 Å². The highest BCUT2D eigenvalue weighted by molar-refractivity contribution is 7.99. The summed E-state index contributed by atoms with van der Waals surface area (Å²) in [6, 6.07) is 13.8. The van der Waals surface area contributed by atoms with Crippen LogP contribution in [0.25, 0.3) is 0 Å². The topological polar surface area (TPSA) is 33.0 Å². The van der Waals surface area contributed by atoms with Crippen LogP contribution in [0.1, 0.15) is 5.56 Å². The predicted octanol–water partition coefficient (Wildman–Crippen LogP) is 3.86. The molecule has 0 saturated heterocycles. The van der Waals surface area contributed by atoms with Crippen molar-refractivity contribution in [3.05, 3.63) is 53.8 Å². The van der Waals surface area contributed by atoms with Gasteiger partial charge in [0.1, 0.15) is 11.6 Å². The van der Waals surface area contributed by atoms with Crippen LogP contribution in [0.5, 0.6) is 5.75 Å². The summed E-state index contributed by atoms with van der Waals surface area (Å²) in [6.45, 7) is 0. The Labute approximate surface area is 109 Å². The molecule has 0 aliphatic carbocycles. The number of rotatable bonds is 3. The van der Waals surface area contributed by atoms with Crippen LogP contribution in [0, 0.1) is 17.1 Å². The van der Waals surface area contributed by atoms with Crippen molar-refractivity contribution in [3.63, 3.8) is 0 Å². The van der Waals surface area contributed by atoms with Crippen LogP contribution in [-0.4, -0.2) is 7.11 Å². The first-order valence-electron chi connectivity index (χ1n) is 5.24. The van der Waals surface area contributed by atoms with Gasteiger partial charge in [-0.15, -0.1) is 0 Å². The molecule has 0 N–H and O–H groups in total. The molecule has 0 fully saturated rings. The van der Waals surface area contributed by atoms with E-state index in [4.69, 9.17) is 10.00 Å². The van der Waals surface area contributed by atoms with Crippen molar-refractivity contribution in [2.45, 2.75) is 9.79 Å². The lowest BCUT2D eigenvalue weighted by molar-refractivity contribution is 0.410. The fourth-order valence-electron chi connectivity index (χ4n) is 1.42. The van der Waals surface area contributed by atoms with Crippen molar-refractivity contribution in [1.29, 1.82) is 5.26 Å². The van der Waals surface area contributed by atoms with Crippen LogP contribution in [0.4, 0.5) is 4.39 Å². The fraction of sp³-hybridized carbons (Fsp3) is 0.0714. The normalized spacial score (nSPS) is 9.83. The largest absolute Gasteiger partial charge is 0.497 e. The van der Waals surface area contributed by atoms with E-state index in [1.807, 2.05) is 6.07 Å². The molecule has 0 spiro atoms. The van der Waals surface area contributed by atoms with Gasteiger partial charge in [-0.3, -0.25) is 0 Å². The molecule has 0 aliphatic heterocycles. The molecule has 4 heteroatoms. The number of benzene rings is 2. The third-order valence-corrected chi connectivity index (χ3v) is 3.41. The standard InChI is InChI=1S/C14H10FNOS/c1-17-11-4-7-14(13(15)8-11)18-12-5-2-10(9-16)3-6-12/h2-8H,1H3. The third kappa shape index (κ3) is 2.82. The van der Waals surface area contributed by atoms with E-state index in [-0.39, 0.29) is 5.82 Å². The van der Waals surface area contributed by atoms with E-state index in [1.165, 1.54) is 24.9 Å². The molecule has 0 saturated carbocycles. The molecule has 2 nitrogen and oxygen atoms in total. The first-order valence-corrected chi connectivity index (χ1v) is 6.06. The summed E-state index contributed by atoms with van der Waals surface area (Å²) in [5.74, 6) is 0.181. The molecule has 2 aromatic rings. The maximum atomic E-state index is 13.7. The van der Waals surface area contributed by atoms with Crippen molar-refractivity contribution >= 4 is 11.8 Å². The van der Waals surface area contributed by atoms with Gasteiger partial charge in [-0.2, -0.15) is 5.26 Å². The van der Waals surface area contributed by atoms with E-state index >= 15 is 0 Å². The summed E-state index contributed by atoms with van der Waals surface area (Å²) < 4.78 is 18.7. The van der Waals surface area contributed by atoms with Gasteiger partial charge in [-0.1, -0.05) is 11.8 Å². The molecular weight excluding hydrogens is 249 g/mol. The number of nitriles is 1. The van der Waals surface area contributed by atoms with Crippen LogP contribution in [0.3, 0.4) is 0 Å². The highest BCUT2D eigenvalue weighted by atomic mass is 32.2. The maximum Gasteiger partial charge on any atom is 0.140 e. The minimum absolute atomic E-state index is 0.316. The Kier molecular flexibility index (Phi) is 3.85. The van der Waals surface area contributed by atoms with Crippen molar-refractivity contribution in [2.24, 2.45) is 0 Å². The summed E-state index contributed by atoms with van der Waals surface area (Å²) in [5, 5.41) is 8.69. The summed E-state index contributed by atoms with van der Waals surface area (Å²) in [7, 11) is 1.50. The Balaban J connectivity index is 2.20. The average molecular weight is 259 g/mol. The molecule has 0 aliphatic rings. The molecule has 0 aromatic heterocycles. The van der Waals surface area contributed by atoms with E-state index < -0.39 is 0 Å². The van der Waals surface area contributed by atoms with Crippen LogP contribution >= 0.6 is 11.8 Å². The van der Waals surface area contributed by atoms with Gasteiger partial charge in [0, 0.05) is 15.9 Å². The Morgan fingerprint density at radius 2 is 1.89 bits per heavy atom. The number of nitrogens with zero attached hydrogens (tertiary/aromatic N) is 1. The van der Waals surface area contributed by atoms with Crippen LogP contribution in [-0.2, 0) is 0 Å². The second-order valence-electron chi connectivity index (χ2n) is 3.53. The molecule has 0 bridgehead atoms. The summed E-state index contributed by atoms with van der Waals surface area (Å²) in [5.41, 5.74) is 0.592. The maximum absolute atomic E-state index is 13.7. The first kappa shape index (κ1) is 12.5. The minimum atomic E-state index is -0.316. The van der Waals surface area contributed by atoms with Gasteiger partial charge in [0.05, 0.1) is 18.7 Å². The zero-order chi connectivity index (χ0) is 13.0. The van der Waals surface area contributed by atoms with Gasteiger partial charge in [-0.25, -0.2) is 4.39 Å². The second-order valence-corrected chi connectivity index (χ2v) is 4.65. The van der Waals surface area contributed by atoms with Gasteiger partial charge in [0.15, 0.2) is 0 Å². The van der Waals surface area contributed by atoms with E-state index in [2.05, 4.69) is 0 Å². The highest BCUT2D eigenvalue weighted by Gasteiger charge is 2.06. The zero-order valence-electron chi connectivity index (χ0n) is 9.68. The molecule has 0 amide bonds. The molecule has 2 aromatic carbocycles. The van der Waals surface area contributed by atoms with Crippen molar-refractivity contribution < 1.29 is 9.13 Å². The zero-order valence-corrected chi connectivity index (χ0v) is 10.5. The first-order chi connectivity index (χ1) is 8.72. The number of ether oxygens (including phenoxy) is 1. The van der Waals surface area contributed by atoms with E-state index in [0.717, 1.165) is 4.90 Å². The molecule has 0 unspecified atom stereocenters. The van der Waals surface area contributed by atoms with E-state index in [1.54, 1.807) is 36.4 Å². The monoisotopic (exact) mass is 259 g/mol. The number of hydrogen-bond acceptors (Lipinski definition) is 3. The Hall–Kier alpha value is -1.99. The molecule has 90 valence electrons. The molecule has 2 rings (SSSR count). The Morgan fingerprint density at radius 3 is 2.44 bits per heavy atom.